The van der Waals surface area contributed by atoms with Crippen LogP contribution in [0, 0.1) is 11.7 Å². The summed E-state index contributed by atoms with van der Waals surface area (Å²) in [5.41, 5.74) is 6.98. The fraction of sp³-hybridized carbons (Fsp3) is 0.636. The maximum absolute atomic E-state index is 14.0. The molecule has 7 heteroatoms. The smallest absolute Gasteiger partial charge is 0.226 e. The number of Topliss-reactive ketones (excluding diaryl/α,β-unsaturated/α-hetero) is 1. The quantitative estimate of drug-likeness (QED) is 0.815. The highest BCUT2D eigenvalue weighted by atomic mass is 19.1. The number of ketones is 1. The summed E-state index contributed by atoms with van der Waals surface area (Å²) in [4.78, 5) is 28.0. The molecule has 1 saturated carbocycles. The molecule has 4 rings (SSSR count). The summed E-state index contributed by atoms with van der Waals surface area (Å²) < 4.78 is 20.2. The summed E-state index contributed by atoms with van der Waals surface area (Å²) >= 11 is 0. The van der Waals surface area contributed by atoms with Gasteiger partial charge in [-0.25, -0.2) is 4.39 Å². The molecule has 1 aromatic carbocycles. The summed E-state index contributed by atoms with van der Waals surface area (Å²) in [7, 11) is 0. The van der Waals surface area contributed by atoms with E-state index in [4.69, 9.17) is 10.5 Å². The van der Waals surface area contributed by atoms with Crippen molar-refractivity contribution >= 4 is 17.4 Å². The van der Waals surface area contributed by atoms with Gasteiger partial charge < -0.3 is 20.3 Å². The van der Waals surface area contributed by atoms with E-state index in [1.165, 1.54) is 6.07 Å². The average Bonchev–Trinajstić information content (AvgIpc) is 2.71. The Hall–Kier alpha value is -1.99. The lowest BCUT2D eigenvalue weighted by Crippen LogP contribution is -2.59. The molecule has 0 aromatic heterocycles. The molecule has 3 fully saturated rings. The summed E-state index contributed by atoms with van der Waals surface area (Å²) in [6.45, 7) is 2.61. The standard InChI is InChI=1S/C22H30FN3O3/c23-18-4-1-2-6-20(18)25-10-7-17(8-11-25)29-14-21-19(24)5-3-9-26(21)22(28)15-12-16(27)13-15/h1-2,4,6,15,17,19,21H,3,5,7-14,24H2/t19-,21-/m0/s1. The van der Waals surface area contributed by atoms with E-state index in [0.29, 0.717) is 31.7 Å². The van der Waals surface area contributed by atoms with Gasteiger partial charge in [0, 0.05) is 38.5 Å². The molecule has 0 radical (unpaired) electrons. The molecule has 6 nitrogen and oxygen atoms in total. The molecular weight excluding hydrogens is 373 g/mol. The topological polar surface area (TPSA) is 75.9 Å². The predicted molar refractivity (Wildman–Crippen MR) is 108 cm³/mol. The largest absolute Gasteiger partial charge is 0.376 e. The third-order valence-electron chi connectivity index (χ3n) is 6.55. The summed E-state index contributed by atoms with van der Waals surface area (Å²) in [5.74, 6) is -0.134. The van der Waals surface area contributed by atoms with Crippen molar-refractivity contribution in [2.75, 3.05) is 31.1 Å². The second-order valence-electron chi connectivity index (χ2n) is 8.52. The van der Waals surface area contributed by atoms with Crippen molar-refractivity contribution in [3.05, 3.63) is 30.1 Å². The SMILES string of the molecule is N[C@H]1CCCN(C(=O)C2CC(=O)C2)[C@H]1COC1CCN(c2ccccc2F)CC1. The van der Waals surface area contributed by atoms with Gasteiger partial charge in [-0.3, -0.25) is 9.59 Å². The number of nitrogens with two attached hydrogens (primary N) is 1. The molecule has 3 aliphatic rings. The van der Waals surface area contributed by atoms with Crippen molar-refractivity contribution in [1.82, 2.24) is 4.90 Å². The lowest BCUT2D eigenvalue weighted by molar-refractivity contribution is -0.150. The average molecular weight is 403 g/mol. The molecule has 158 valence electrons. The second-order valence-corrected chi connectivity index (χ2v) is 8.52. The van der Waals surface area contributed by atoms with Crippen LogP contribution in [0.15, 0.2) is 24.3 Å². The van der Waals surface area contributed by atoms with E-state index in [9.17, 15) is 14.0 Å². The van der Waals surface area contributed by atoms with Crippen LogP contribution in [0.4, 0.5) is 10.1 Å². The molecule has 2 saturated heterocycles. The number of amides is 1. The number of halogens is 1. The van der Waals surface area contributed by atoms with Gasteiger partial charge in [0.05, 0.1) is 30.4 Å². The zero-order chi connectivity index (χ0) is 20.4. The van der Waals surface area contributed by atoms with Crippen molar-refractivity contribution in [3.63, 3.8) is 0 Å². The minimum absolute atomic E-state index is 0.0581. The number of ether oxygens (including phenoxy) is 1. The molecule has 1 aliphatic carbocycles. The Morgan fingerprint density at radius 1 is 1.14 bits per heavy atom. The van der Waals surface area contributed by atoms with E-state index in [-0.39, 0.29) is 41.6 Å². The number of nitrogens with zero attached hydrogens (tertiary/aromatic N) is 2. The van der Waals surface area contributed by atoms with Crippen LogP contribution >= 0.6 is 0 Å². The predicted octanol–water partition coefficient (Wildman–Crippen LogP) is 2.11. The molecule has 0 unspecified atom stereocenters. The van der Waals surface area contributed by atoms with E-state index in [1.807, 2.05) is 17.0 Å². The van der Waals surface area contributed by atoms with Crippen molar-refractivity contribution in [2.24, 2.45) is 11.7 Å². The Kier molecular flexibility index (Phi) is 6.15. The first kappa shape index (κ1) is 20.3. The normalized spacial score (nSPS) is 26.5. The van der Waals surface area contributed by atoms with Crippen LogP contribution in [-0.4, -0.2) is 61.0 Å². The van der Waals surface area contributed by atoms with Crippen molar-refractivity contribution < 1.29 is 18.7 Å². The third kappa shape index (κ3) is 4.46. The first-order valence-electron chi connectivity index (χ1n) is 10.7. The molecule has 2 N–H and O–H groups in total. The number of para-hydroxylation sites is 1. The van der Waals surface area contributed by atoms with Crippen LogP contribution in [0.5, 0.6) is 0 Å². The molecular formula is C22H30FN3O3. The number of benzene rings is 1. The van der Waals surface area contributed by atoms with E-state index >= 15 is 0 Å². The fourth-order valence-electron chi connectivity index (χ4n) is 4.68. The molecule has 29 heavy (non-hydrogen) atoms. The van der Waals surface area contributed by atoms with Gasteiger partial charge in [0.2, 0.25) is 5.91 Å². The van der Waals surface area contributed by atoms with E-state index in [0.717, 1.165) is 38.8 Å². The second kappa shape index (κ2) is 8.79. The Morgan fingerprint density at radius 3 is 2.55 bits per heavy atom. The molecule has 2 heterocycles. The Labute approximate surface area is 171 Å². The number of piperidine rings is 2. The Morgan fingerprint density at radius 2 is 1.86 bits per heavy atom. The molecule has 1 aromatic rings. The van der Waals surface area contributed by atoms with Gasteiger partial charge in [-0.1, -0.05) is 12.1 Å². The van der Waals surface area contributed by atoms with Gasteiger partial charge in [0.15, 0.2) is 0 Å². The van der Waals surface area contributed by atoms with Gasteiger partial charge in [-0.05, 0) is 37.8 Å². The minimum Gasteiger partial charge on any atom is -0.376 e. The number of anilines is 1. The van der Waals surface area contributed by atoms with Gasteiger partial charge in [0.25, 0.3) is 0 Å². The number of carbonyl (C=O) groups is 2. The maximum Gasteiger partial charge on any atom is 0.226 e. The number of hydrogen-bond donors (Lipinski definition) is 1. The molecule has 1 amide bonds. The molecule has 0 spiro atoms. The third-order valence-corrected chi connectivity index (χ3v) is 6.55. The van der Waals surface area contributed by atoms with E-state index in [2.05, 4.69) is 4.90 Å². The maximum atomic E-state index is 14.0. The summed E-state index contributed by atoms with van der Waals surface area (Å²) in [6.07, 6.45) is 4.25. The van der Waals surface area contributed by atoms with Gasteiger partial charge in [-0.15, -0.1) is 0 Å². The van der Waals surface area contributed by atoms with Crippen LogP contribution in [-0.2, 0) is 14.3 Å². The number of rotatable bonds is 5. The molecule has 2 atom stereocenters. The number of hydrogen-bond acceptors (Lipinski definition) is 5. The number of carbonyl (C=O) groups excluding carboxylic acids is 2. The highest BCUT2D eigenvalue weighted by Crippen LogP contribution is 2.29. The van der Waals surface area contributed by atoms with Gasteiger partial charge >= 0.3 is 0 Å². The summed E-state index contributed by atoms with van der Waals surface area (Å²) in [5, 5.41) is 0. The van der Waals surface area contributed by atoms with Crippen LogP contribution in [0.1, 0.15) is 38.5 Å². The highest BCUT2D eigenvalue weighted by Gasteiger charge is 2.40. The minimum atomic E-state index is -0.191. The van der Waals surface area contributed by atoms with Crippen LogP contribution in [0.25, 0.3) is 0 Å². The van der Waals surface area contributed by atoms with E-state index in [1.54, 1.807) is 6.07 Å². The van der Waals surface area contributed by atoms with Crippen molar-refractivity contribution in [2.45, 2.75) is 56.7 Å². The molecule has 2 aliphatic heterocycles. The van der Waals surface area contributed by atoms with Crippen LogP contribution in [0.2, 0.25) is 0 Å². The molecule has 0 bridgehead atoms. The summed E-state index contributed by atoms with van der Waals surface area (Å²) in [6, 6.07) is 6.63. The van der Waals surface area contributed by atoms with Crippen molar-refractivity contribution in [1.29, 1.82) is 0 Å². The van der Waals surface area contributed by atoms with Gasteiger partial charge in [-0.2, -0.15) is 0 Å². The first-order valence-corrected chi connectivity index (χ1v) is 10.7. The first-order chi connectivity index (χ1) is 14.0. The van der Waals surface area contributed by atoms with Gasteiger partial charge in [0.1, 0.15) is 11.6 Å². The lowest BCUT2D eigenvalue weighted by Gasteiger charge is -2.43. The zero-order valence-electron chi connectivity index (χ0n) is 16.8. The van der Waals surface area contributed by atoms with Crippen LogP contribution in [0.3, 0.4) is 0 Å². The van der Waals surface area contributed by atoms with Crippen molar-refractivity contribution in [3.8, 4) is 0 Å². The fourth-order valence-corrected chi connectivity index (χ4v) is 4.68. The Balaban J connectivity index is 1.30. The highest BCUT2D eigenvalue weighted by molar-refractivity contribution is 5.96. The van der Waals surface area contributed by atoms with Crippen LogP contribution < -0.4 is 10.6 Å². The zero-order valence-corrected chi connectivity index (χ0v) is 16.8. The van der Waals surface area contributed by atoms with E-state index < -0.39 is 0 Å². The Bertz CT molecular complexity index is 743. The lowest BCUT2D eigenvalue weighted by atomic mass is 9.82. The number of likely N-dealkylation sites (tertiary alicyclic amines) is 1. The monoisotopic (exact) mass is 403 g/mol.